The molecule has 2 rings (SSSR count). The van der Waals surface area contributed by atoms with Crippen molar-refractivity contribution in [2.75, 3.05) is 0 Å². The Morgan fingerprint density at radius 1 is 1.39 bits per heavy atom. The van der Waals surface area contributed by atoms with E-state index in [0.717, 1.165) is 25.2 Å². The lowest BCUT2D eigenvalue weighted by molar-refractivity contribution is 0.533. The monoisotopic (exact) mass is 244 g/mol. The third-order valence-corrected chi connectivity index (χ3v) is 2.98. The fourth-order valence-corrected chi connectivity index (χ4v) is 1.93. The molecule has 2 heterocycles. The molecule has 1 atom stereocenters. The zero-order chi connectivity index (χ0) is 12.8. The molecule has 0 aliphatic heterocycles. The van der Waals surface area contributed by atoms with Crippen LogP contribution < -0.4 is 5.32 Å². The van der Waals surface area contributed by atoms with Crippen LogP contribution in [0, 0.1) is 0 Å². The summed E-state index contributed by atoms with van der Waals surface area (Å²) in [4.78, 5) is 8.55. The van der Waals surface area contributed by atoms with Crippen molar-refractivity contribution >= 4 is 0 Å². The van der Waals surface area contributed by atoms with E-state index in [2.05, 4.69) is 33.7 Å². The fraction of sp³-hybridized carbons (Fsp3) is 0.429. The van der Waals surface area contributed by atoms with Gasteiger partial charge in [-0.05, 0) is 25.5 Å². The predicted octanol–water partition coefficient (Wildman–Crippen LogP) is 2.54. The summed E-state index contributed by atoms with van der Waals surface area (Å²) in [5.74, 6) is 0. The number of nitrogens with one attached hydrogen (secondary N) is 1. The number of hydrogen-bond donors (Lipinski definition) is 1. The second-order valence-corrected chi connectivity index (χ2v) is 4.44. The molecule has 0 aliphatic carbocycles. The number of nitrogens with zero attached hydrogens (tertiary/aromatic N) is 3. The largest absolute Gasteiger partial charge is 0.333 e. The lowest BCUT2D eigenvalue weighted by Crippen LogP contribution is -2.20. The van der Waals surface area contributed by atoms with Gasteiger partial charge in [-0.1, -0.05) is 13.0 Å². The molecule has 96 valence electrons. The van der Waals surface area contributed by atoms with Crippen molar-refractivity contribution in [3.05, 3.63) is 48.3 Å². The van der Waals surface area contributed by atoms with E-state index >= 15 is 0 Å². The van der Waals surface area contributed by atoms with Crippen molar-refractivity contribution < 1.29 is 0 Å². The smallest absolute Gasteiger partial charge is 0.0948 e. The maximum atomic E-state index is 4.35. The zero-order valence-corrected chi connectivity index (χ0v) is 11.0. The molecule has 4 nitrogen and oxygen atoms in total. The van der Waals surface area contributed by atoms with Gasteiger partial charge in [-0.25, -0.2) is 4.98 Å². The van der Waals surface area contributed by atoms with Crippen LogP contribution in [0.2, 0.25) is 0 Å². The molecule has 18 heavy (non-hydrogen) atoms. The van der Waals surface area contributed by atoms with E-state index in [0.29, 0.717) is 0 Å². The molecule has 2 aromatic rings. The van der Waals surface area contributed by atoms with Gasteiger partial charge in [0.25, 0.3) is 0 Å². The molecule has 0 fully saturated rings. The lowest BCUT2D eigenvalue weighted by Gasteiger charge is -2.14. The highest BCUT2D eigenvalue weighted by atomic mass is 15.1. The first-order chi connectivity index (χ1) is 8.81. The Balaban J connectivity index is 1.93. The third kappa shape index (κ3) is 3.17. The Hall–Kier alpha value is -1.68. The second kappa shape index (κ2) is 6.31. The van der Waals surface area contributed by atoms with E-state index in [1.165, 1.54) is 5.69 Å². The molecule has 0 amide bonds. The van der Waals surface area contributed by atoms with E-state index in [4.69, 9.17) is 0 Å². The highest BCUT2D eigenvalue weighted by Gasteiger charge is 2.07. The van der Waals surface area contributed by atoms with Crippen LogP contribution in [0.1, 0.15) is 37.7 Å². The van der Waals surface area contributed by atoms with Gasteiger partial charge < -0.3 is 9.88 Å². The summed E-state index contributed by atoms with van der Waals surface area (Å²) >= 11 is 0. The molecule has 0 radical (unpaired) electrons. The summed E-state index contributed by atoms with van der Waals surface area (Å²) in [5.41, 5.74) is 2.29. The van der Waals surface area contributed by atoms with Gasteiger partial charge >= 0.3 is 0 Å². The van der Waals surface area contributed by atoms with Crippen LogP contribution >= 0.6 is 0 Å². The topological polar surface area (TPSA) is 42.7 Å². The Kier molecular flexibility index (Phi) is 4.47. The van der Waals surface area contributed by atoms with Gasteiger partial charge in [0.15, 0.2) is 0 Å². The number of imidazole rings is 1. The van der Waals surface area contributed by atoms with Crippen LogP contribution in [0.3, 0.4) is 0 Å². The van der Waals surface area contributed by atoms with Crippen LogP contribution in [-0.2, 0) is 13.1 Å². The van der Waals surface area contributed by atoms with Crippen LogP contribution in [0.4, 0.5) is 0 Å². The minimum absolute atomic E-state index is 0.246. The molecule has 0 spiro atoms. The maximum absolute atomic E-state index is 4.35. The minimum atomic E-state index is 0.246. The molecule has 1 N–H and O–H groups in total. The van der Waals surface area contributed by atoms with E-state index in [1.807, 2.05) is 36.9 Å². The number of aromatic nitrogens is 3. The van der Waals surface area contributed by atoms with Crippen molar-refractivity contribution in [3.8, 4) is 0 Å². The van der Waals surface area contributed by atoms with Gasteiger partial charge in [0.2, 0.25) is 0 Å². The second-order valence-electron chi connectivity index (χ2n) is 4.44. The van der Waals surface area contributed by atoms with Crippen LogP contribution in [0.25, 0.3) is 0 Å². The molecule has 0 saturated carbocycles. The average molecular weight is 244 g/mol. The SMILES string of the molecule is CCCn1cncc1CNC(C)c1ccccn1. The van der Waals surface area contributed by atoms with E-state index < -0.39 is 0 Å². The summed E-state index contributed by atoms with van der Waals surface area (Å²) in [6.07, 6.45) is 6.77. The highest BCUT2D eigenvalue weighted by molar-refractivity contribution is 5.08. The molecule has 2 aromatic heterocycles. The third-order valence-electron chi connectivity index (χ3n) is 2.98. The van der Waals surface area contributed by atoms with E-state index in [9.17, 15) is 0 Å². The Morgan fingerprint density at radius 2 is 2.28 bits per heavy atom. The summed E-state index contributed by atoms with van der Waals surface area (Å²) in [7, 11) is 0. The van der Waals surface area contributed by atoms with E-state index in [-0.39, 0.29) is 6.04 Å². The molecule has 0 aliphatic rings. The van der Waals surface area contributed by atoms with Crippen molar-refractivity contribution in [3.63, 3.8) is 0 Å². The zero-order valence-electron chi connectivity index (χ0n) is 11.0. The summed E-state index contributed by atoms with van der Waals surface area (Å²) in [6.45, 7) is 6.14. The fourth-order valence-electron chi connectivity index (χ4n) is 1.93. The normalized spacial score (nSPS) is 12.6. The summed E-state index contributed by atoms with van der Waals surface area (Å²) in [5, 5.41) is 3.48. The maximum Gasteiger partial charge on any atom is 0.0948 e. The van der Waals surface area contributed by atoms with Gasteiger partial charge in [-0.15, -0.1) is 0 Å². The Morgan fingerprint density at radius 3 is 3.00 bits per heavy atom. The molecule has 1 unspecified atom stereocenters. The van der Waals surface area contributed by atoms with Crippen LogP contribution in [0.5, 0.6) is 0 Å². The minimum Gasteiger partial charge on any atom is -0.333 e. The molecule has 0 saturated heterocycles. The lowest BCUT2D eigenvalue weighted by atomic mass is 10.2. The summed E-state index contributed by atoms with van der Waals surface area (Å²) in [6, 6.07) is 6.24. The molecular formula is C14H20N4. The Labute approximate surface area is 108 Å². The highest BCUT2D eigenvalue weighted by Crippen LogP contribution is 2.09. The first-order valence-corrected chi connectivity index (χ1v) is 6.44. The van der Waals surface area contributed by atoms with Crippen LogP contribution in [0.15, 0.2) is 36.9 Å². The summed E-state index contributed by atoms with van der Waals surface area (Å²) < 4.78 is 2.19. The standard InChI is InChI=1S/C14H20N4/c1-3-8-18-11-15-9-13(18)10-17-12(2)14-6-4-5-7-16-14/h4-7,9,11-12,17H,3,8,10H2,1-2H3. The molecule has 0 bridgehead atoms. The quantitative estimate of drug-likeness (QED) is 0.849. The average Bonchev–Trinajstić information content (AvgIpc) is 2.85. The van der Waals surface area contributed by atoms with Gasteiger partial charge in [0.1, 0.15) is 0 Å². The van der Waals surface area contributed by atoms with Gasteiger partial charge in [0.05, 0.1) is 17.7 Å². The molecule has 0 aromatic carbocycles. The molecule has 4 heteroatoms. The van der Waals surface area contributed by atoms with Crippen molar-refractivity contribution in [1.82, 2.24) is 19.9 Å². The van der Waals surface area contributed by atoms with Gasteiger partial charge in [-0.3, -0.25) is 4.98 Å². The first-order valence-electron chi connectivity index (χ1n) is 6.44. The number of pyridine rings is 1. The van der Waals surface area contributed by atoms with Crippen molar-refractivity contribution in [1.29, 1.82) is 0 Å². The number of rotatable bonds is 6. The van der Waals surface area contributed by atoms with Crippen molar-refractivity contribution in [2.24, 2.45) is 0 Å². The van der Waals surface area contributed by atoms with Gasteiger partial charge in [0, 0.05) is 31.5 Å². The first kappa shape index (κ1) is 12.8. The molecular weight excluding hydrogens is 224 g/mol. The van der Waals surface area contributed by atoms with Crippen molar-refractivity contribution in [2.45, 2.75) is 39.4 Å². The van der Waals surface area contributed by atoms with E-state index in [1.54, 1.807) is 0 Å². The van der Waals surface area contributed by atoms with Gasteiger partial charge in [-0.2, -0.15) is 0 Å². The number of hydrogen-bond acceptors (Lipinski definition) is 3. The number of aryl methyl sites for hydroxylation is 1. The predicted molar refractivity (Wildman–Crippen MR) is 72.0 cm³/mol. The van der Waals surface area contributed by atoms with Crippen LogP contribution in [-0.4, -0.2) is 14.5 Å². The Bertz CT molecular complexity index is 464.